The fourth-order valence-electron chi connectivity index (χ4n) is 2.39. The minimum Gasteiger partial charge on any atom is -0.326 e. The van der Waals surface area contributed by atoms with Crippen LogP contribution in [0.2, 0.25) is 0 Å². The highest BCUT2D eigenvalue weighted by Crippen LogP contribution is 2.16. The Kier molecular flexibility index (Phi) is 6.46. The molecule has 0 saturated carbocycles. The molecule has 2 nitrogen and oxygen atoms in total. The first-order chi connectivity index (χ1) is 8.93. The number of hydrogen-bond donors (Lipinski definition) is 1. The number of benzene rings is 1. The lowest BCUT2D eigenvalue weighted by Gasteiger charge is -2.26. The van der Waals surface area contributed by atoms with Crippen molar-refractivity contribution in [3.05, 3.63) is 35.1 Å². The van der Waals surface area contributed by atoms with Crippen molar-refractivity contribution in [2.24, 2.45) is 17.6 Å². The average molecular weight is 266 g/mol. The summed E-state index contributed by atoms with van der Waals surface area (Å²) in [4.78, 5) is 2.33. The standard InChI is InChI=1S/C16H27FN2/c1-12(2)9-19(10-13(3)4)11-15-7-5-6-14(8-18)16(15)17/h5-7,12-13H,8-11,18H2,1-4H3. The predicted molar refractivity (Wildman–Crippen MR) is 79.2 cm³/mol. The Morgan fingerprint density at radius 2 is 1.58 bits per heavy atom. The van der Waals surface area contributed by atoms with Gasteiger partial charge in [0.2, 0.25) is 0 Å². The second-order valence-electron chi connectivity index (χ2n) is 6.08. The van der Waals surface area contributed by atoms with Gasteiger partial charge in [-0.25, -0.2) is 4.39 Å². The second-order valence-corrected chi connectivity index (χ2v) is 6.08. The number of nitrogens with zero attached hydrogens (tertiary/aromatic N) is 1. The fraction of sp³-hybridized carbons (Fsp3) is 0.625. The van der Waals surface area contributed by atoms with Gasteiger partial charge in [0, 0.05) is 37.3 Å². The van der Waals surface area contributed by atoms with E-state index in [2.05, 4.69) is 32.6 Å². The third-order valence-corrected chi connectivity index (χ3v) is 3.02. The molecule has 1 aromatic carbocycles. The molecule has 0 saturated heterocycles. The Labute approximate surface area is 116 Å². The maximum absolute atomic E-state index is 14.2. The maximum Gasteiger partial charge on any atom is 0.132 e. The first-order valence-electron chi connectivity index (χ1n) is 7.12. The van der Waals surface area contributed by atoms with Crippen molar-refractivity contribution in [2.45, 2.75) is 40.8 Å². The number of hydrogen-bond acceptors (Lipinski definition) is 2. The highest BCUT2D eigenvalue weighted by Gasteiger charge is 2.14. The van der Waals surface area contributed by atoms with Gasteiger partial charge in [-0.05, 0) is 11.8 Å². The van der Waals surface area contributed by atoms with Crippen molar-refractivity contribution in [1.29, 1.82) is 0 Å². The van der Waals surface area contributed by atoms with Crippen molar-refractivity contribution in [3.8, 4) is 0 Å². The smallest absolute Gasteiger partial charge is 0.132 e. The van der Waals surface area contributed by atoms with Crippen LogP contribution in [0.15, 0.2) is 18.2 Å². The molecule has 0 aromatic heterocycles. The van der Waals surface area contributed by atoms with Gasteiger partial charge in [0.05, 0.1) is 0 Å². The van der Waals surface area contributed by atoms with E-state index in [4.69, 9.17) is 5.73 Å². The van der Waals surface area contributed by atoms with Gasteiger partial charge in [0.15, 0.2) is 0 Å². The summed E-state index contributed by atoms with van der Waals surface area (Å²) in [7, 11) is 0. The van der Waals surface area contributed by atoms with Crippen molar-refractivity contribution in [2.75, 3.05) is 13.1 Å². The largest absolute Gasteiger partial charge is 0.326 e. The van der Waals surface area contributed by atoms with Crippen LogP contribution in [0.25, 0.3) is 0 Å². The Morgan fingerprint density at radius 3 is 2.05 bits per heavy atom. The molecule has 108 valence electrons. The lowest BCUT2D eigenvalue weighted by molar-refractivity contribution is 0.209. The summed E-state index contributed by atoms with van der Waals surface area (Å²) in [5.74, 6) is 1.03. The van der Waals surface area contributed by atoms with Gasteiger partial charge < -0.3 is 5.73 Å². The van der Waals surface area contributed by atoms with Crippen molar-refractivity contribution >= 4 is 0 Å². The van der Waals surface area contributed by atoms with E-state index >= 15 is 0 Å². The van der Waals surface area contributed by atoms with Crippen LogP contribution in [-0.2, 0) is 13.1 Å². The van der Waals surface area contributed by atoms with E-state index in [0.29, 0.717) is 23.9 Å². The zero-order valence-electron chi connectivity index (χ0n) is 12.6. The minimum atomic E-state index is -0.137. The molecular formula is C16H27FN2. The van der Waals surface area contributed by atoms with Crippen LogP contribution < -0.4 is 5.73 Å². The van der Waals surface area contributed by atoms with Crippen LogP contribution in [0.3, 0.4) is 0 Å². The Morgan fingerprint density at radius 1 is 1.05 bits per heavy atom. The molecule has 3 heteroatoms. The lowest BCUT2D eigenvalue weighted by atomic mass is 10.1. The van der Waals surface area contributed by atoms with Gasteiger partial charge >= 0.3 is 0 Å². The van der Waals surface area contributed by atoms with Crippen LogP contribution in [0.5, 0.6) is 0 Å². The van der Waals surface area contributed by atoms with Crippen LogP contribution in [0, 0.1) is 17.7 Å². The highest BCUT2D eigenvalue weighted by molar-refractivity contribution is 5.25. The quantitative estimate of drug-likeness (QED) is 0.819. The molecule has 0 aliphatic rings. The van der Waals surface area contributed by atoms with E-state index in [-0.39, 0.29) is 12.4 Å². The molecule has 0 aliphatic heterocycles. The summed E-state index contributed by atoms with van der Waals surface area (Å²) >= 11 is 0. The molecule has 2 N–H and O–H groups in total. The van der Waals surface area contributed by atoms with E-state index in [0.717, 1.165) is 18.7 Å². The normalized spacial score (nSPS) is 11.8. The summed E-state index contributed by atoms with van der Waals surface area (Å²) in [6, 6.07) is 5.51. The summed E-state index contributed by atoms with van der Waals surface area (Å²) in [6.07, 6.45) is 0. The first kappa shape index (κ1) is 16.1. The molecule has 0 atom stereocenters. The van der Waals surface area contributed by atoms with Gasteiger partial charge in [-0.15, -0.1) is 0 Å². The van der Waals surface area contributed by atoms with Crippen LogP contribution >= 0.6 is 0 Å². The van der Waals surface area contributed by atoms with Crippen molar-refractivity contribution in [1.82, 2.24) is 4.90 Å². The molecule has 0 aliphatic carbocycles. The van der Waals surface area contributed by atoms with Gasteiger partial charge in [-0.3, -0.25) is 4.90 Å². The summed E-state index contributed by atoms with van der Waals surface area (Å²) in [5.41, 5.74) is 6.92. The molecule has 0 amide bonds. The maximum atomic E-state index is 14.2. The summed E-state index contributed by atoms with van der Waals surface area (Å²) < 4.78 is 14.2. The van der Waals surface area contributed by atoms with Crippen molar-refractivity contribution < 1.29 is 4.39 Å². The Bertz CT molecular complexity index is 378. The molecule has 1 aromatic rings. The SMILES string of the molecule is CC(C)CN(Cc1cccc(CN)c1F)CC(C)C. The van der Waals surface area contributed by atoms with Crippen molar-refractivity contribution in [3.63, 3.8) is 0 Å². The fourth-order valence-corrected chi connectivity index (χ4v) is 2.39. The molecule has 0 heterocycles. The zero-order valence-corrected chi connectivity index (χ0v) is 12.6. The van der Waals surface area contributed by atoms with Gasteiger partial charge in [0.25, 0.3) is 0 Å². The average Bonchev–Trinajstić information content (AvgIpc) is 2.30. The Hall–Kier alpha value is -0.930. The van der Waals surface area contributed by atoms with Gasteiger partial charge in [0.1, 0.15) is 5.82 Å². The summed E-state index contributed by atoms with van der Waals surface area (Å²) in [6.45, 7) is 11.7. The second kappa shape index (κ2) is 7.61. The molecule has 0 unspecified atom stereocenters. The number of rotatable bonds is 7. The van der Waals surface area contributed by atoms with E-state index in [1.807, 2.05) is 12.1 Å². The molecule has 0 radical (unpaired) electrons. The third kappa shape index (κ3) is 5.29. The monoisotopic (exact) mass is 266 g/mol. The first-order valence-corrected chi connectivity index (χ1v) is 7.12. The van der Waals surface area contributed by atoms with Gasteiger partial charge in [-0.1, -0.05) is 45.9 Å². The van der Waals surface area contributed by atoms with E-state index in [1.165, 1.54) is 0 Å². The van der Waals surface area contributed by atoms with E-state index in [9.17, 15) is 4.39 Å². The van der Waals surface area contributed by atoms with Crippen LogP contribution in [0.1, 0.15) is 38.8 Å². The van der Waals surface area contributed by atoms with E-state index in [1.54, 1.807) is 6.07 Å². The number of halogens is 1. The number of nitrogens with two attached hydrogens (primary N) is 1. The molecule has 0 fully saturated rings. The molecular weight excluding hydrogens is 239 g/mol. The zero-order chi connectivity index (χ0) is 14.4. The molecule has 1 rings (SSSR count). The highest BCUT2D eigenvalue weighted by atomic mass is 19.1. The summed E-state index contributed by atoms with van der Waals surface area (Å²) in [5, 5.41) is 0. The molecule has 0 spiro atoms. The predicted octanol–water partition coefficient (Wildman–Crippen LogP) is 3.40. The molecule has 19 heavy (non-hydrogen) atoms. The topological polar surface area (TPSA) is 29.3 Å². The third-order valence-electron chi connectivity index (χ3n) is 3.02. The Balaban J connectivity index is 2.83. The van der Waals surface area contributed by atoms with E-state index < -0.39 is 0 Å². The molecule has 0 bridgehead atoms. The van der Waals surface area contributed by atoms with Crippen LogP contribution in [-0.4, -0.2) is 18.0 Å². The van der Waals surface area contributed by atoms with Crippen LogP contribution in [0.4, 0.5) is 4.39 Å². The lowest BCUT2D eigenvalue weighted by Crippen LogP contribution is -2.31. The minimum absolute atomic E-state index is 0.137. The van der Waals surface area contributed by atoms with Gasteiger partial charge in [-0.2, -0.15) is 0 Å².